The Hall–Kier alpha value is -3.15. The van der Waals surface area contributed by atoms with Crippen LogP contribution >= 0.6 is 0 Å². The number of benzene rings is 3. The van der Waals surface area contributed by atoms with Crippen molar-refractivity contribution in [3.63, 3.8) is 0 Å². The predicted molar refractivity (Wildman–Crippen MR) is 183 cm³/mol. The quantitative estimate of drug-likeness (QED) is 0.230. The second-order valence-corrected chi connectivity index (χ2v) is 13.9. The summed E-state index contributed by atoms with van der Waals surface area (Å²) in [7, 11) is 2.05. The molecule has 0 saturated carbocycles. The van der Waals surface area contributed by atoms with Gasteiger partial charge in [-0.05, 0) is 75.8 Å². The smallest absolute Gasteiger partial charge is 0.311 e. The zero-order valence-corrected chi connectivity index (χ0v) is 34.2. The third-order valence-electron chi connectivity index (χ3n) is 11.1. The third-order valence-corrected chi connectivity index (χ3v) is 11.1. The van der Waals surface area contributed by atoms with E-state index >= 15 is 0 Å². The van der Waals surface area contributed by atoms with Gasteiger partial charge < -0.3 is 24.6 Å². The Morgan fingerprint density at radius 2 is 1.78 bits per heavy atom. The number of phenols is 1. The van der Waals surface area contributed by atoms with Crippen molar-refractivity contribution in [2.75, 3.05) is 20.4 Å². The summed E-state index contributed by atoms with van der Waals surface area (Å²) in [6.45, 7) is 8.05. The van der Waals surface area contributed by atoms with Crippen molar-refractivity contribution in [1.82, 2.24) is 15.1 Å². The van der Waals surface area contributed by atoms with Gasteiger partial charge in [-0.1, -0.05) is 43.3 Å². The Morgan fingerprint density at radius 1 is 1.04 bits per heavy atom. The number of piperazine rings is 1. The van der Waals surface area contributed by atoms with Crippen LogP contribution in [0.5, 0.6) is 23.0 Å². The first-order valence-corrected chi connectivity index (χ1v) is 17.3. The Kier molecular flexibility index (Phi) is 10.9. The van der Waals surface area contributed by atoms with E-state index in [1.807, 2.05) is 65.1 Å². The van der Waals surface area contributed by atoms with Crippen LogP contribution in [0, 0.1) is 76.2 Å². The summed E-state index contributed by atoms with van der Waals surface area (Å²) < 4.78 is 18.1. The van der Waals surface area contributed by atoms with E-state index in [9.17, 15) is 20.0 Å². The molecule has 7 rings (SSSR count). The molecule has 0 spiro atoms. The fraction of sp³-hybridized carbons (Fsp3) is 0.462. The van der Waals surface area contributed by atoms with Crippen LogP contribution in [0.15, 0.2) is 36.4 Å². The van der Waals surface area contributed by atoms with E-state index in [-0.39, 0.29) is 93.2 Å². The maximum atomic E-state index is 13.4. The Bertz CT molecular complexity index is 1860. The summed E-state index contributed by atoms with van der Waals surface area (Å²) >= 11 is 0. The number of esters is 1. The van der Waals surface area contributed by atoms with Gasteiger partial charge in [0.15, 0.2) is 11.5 Å². The maximum Gasteiger partial charge on any atom is 0.311 e. The third kappa shape index (κ3) is 6.21. The first-order chi connectivity index (χ1) is 23.6. The number of rotatable bonds is 8. The standard InChI is InChI=1S/C39H44N4O6.Ac/c1-6-10-32(45)49-37-22(3)21(2)15-25-16-27-29(18-40)43-28(35(33(25)37)42(27)5)17-26-34(39-38(47-20-48-39)23(4)36(26)46)30(43)19-41-31(44)14-13-24-11-8-7-9-12-24;/h7-9,11-12,15,27-30,35,46H,6,10,13-14,16-17,19-20H2,1-5H3,(H,41,44);/t27-,28?,29+,30+,35+;/m1./s1. The van der Waals surface area contributed by atoms with Crippen LogP contribution in [0.3, 0.4) is 0 Å². The maximum absolute atomic E-state index is 13.4. The Balaban J connectivity index is 0.00000432. The number of carbonyl (C=O) groups is 2. The summed E-state index contributed by atoms with van der Waals surface area (Å²) in [4.78, 5) is 30.9. The number of hydrogen-bond acceptors (Lipinski definition) is 9. The Morgan fingerprint density at radius 3 is 2.50 bits per heavy atom. The van der Waals surface area contributed by atoms with Crippen LogP contribution in [0.25, 0.3) is 0 Å². The summed E-state index contributed by atoms with van der Waals surface area (Å²) in [5.74, 6) is 1.44. The molecule has 2 bridgehead atoms. The van der Waals surface area contributed by atoms with Gasteiger partial charge in [0.25, 0.3) is 0 Å². The molecule has 5 atom stereocenters. The van der Waals surface area contributed by atoms with E-state index in [1.54, 1.807) is 0 Å². The average Bonchev–Trinajstić information content (AvgIpc) is 3.58. The number of phenolic OH excluding ortho intramolecular Hbond substituents is 1. The number of amides is 1. The number of nitrogens with zero attached hydrogens (tertiary/aromatic N) is 3. The topological polar surface area (TPSA) is 124 Å². The number of ether oxygens (including phenoxy) is 3. The first-order valence-electron chi connectivity index (χ1n) is 17.3. The molecule has 1 saturated heterocycles. The second-order valence-electron chi connectivity index (χ2n) is 13.9. The normalized spacial score (nSPS) is 23.1. The van der Waals surface area contributed by atoms with Crippen LogP contribution in [0.2, 0.25) is 0 Å². The minimum atomic E-state index is -0.534. The molecule has 4 aliphatic heterocycles. The number of aryl methyl sites for hydroxylation is 2. The minimum absolute atomic E-state index is 0. The van der Waals surface area contributed by atoms with E-state index in [2.05, 4.69) is 27.3 Å². The van der Waals surface area contributed by atoms with Crippen molar-refractivity contribution >= 4 is 11.9 Å². The zero-order valence-electron chi connectivity index (χ0n) is 29.4. The number of fused-ring (bicyclic) bond motifs is 9. The average molecular weight is 892 g/mol. The molecule has 50 heavy (non-hydrogen) atoms. The molecule has 4 aliphatic rings. The van der Waals surface area contributed by atoms with Crippen LogP contribution in [0.4, 0.5) is 0 Å². The molecule has 4 heterocycles. The number of hydrogen-bond donors (Lipinski definition) is 2. The summed E-state index contributed by atoms with van der Waals surface area (Å²) in [6.07, 6.45) is 2.95. The van der Waals surface area contributed by atoms with Gasteiger partial charge in [-0.15, -0.1) is 0 Å². The number of aromatic hydroxyl groups is 1. The first kappa shape index (κ1) is 36.6. The molecule has 11 heteroatoms. The molecule has 2 N–H and O–H groups in total. The van der Waals surface area contributed by atoms with Gasteiger partial charge in [0.2, 0.25) is 12.7 Å². The summed E-state index contributed by atoms with van der Waals surface area (Å²) in [5.41, 5.74) is 7.18. The van der Waals surface area contributed by atoms with Gasteiger partial charge in [-0.3, -0.25) is 19.4 Å². The predicted octanol–water partition coefficient (Wildman–Crippen LogP) is 5.27. The summed E-state index contributed by atoms with van der Waals surface area (Å²) in [6, 6.07) is 13.0. The number of nitriles is 1. The van der Waals surface area contributed by atoms with E-state index in [0.29, 0.717) is 61.3 Å². The molecular weight excluding hydrogens is 847 g/mol. The van der Waals surface area contributed by atoms with Gasteiger partial charge >= 0.3 is 5.97 Å². The van der Waals surface area contributed by atoms with Crippen LogP contribution < -0.4 is 19.5 Å². The number of nitrogens with one attached hydrogen (secondary N) is 1. The fourth-order valence-electron chi connectivity index (χ4n) is 8.59. The van der Waals surface area contributed by atoms with Crippen LogP contribution in [-0.4, -0.2) is 65.3 Å². The number of likely N-dealkylation sites (N-methyl/N-ethyl adjacent to an activating group) is 1. The minimum Gasteiger partial charge on any atom is -0.507 e. The van der Waals surface area contributed by atoms with Gasteiger partial charge in [-0.2, -0.15) is 5.26 Å². The monoisotopic (exact) mass is 891 g/mol. The van der Waals surface area contributed by atoms with Gasteiger partial charge in [0.05, 0.1) is 18.2 Å². The molecule has 3 aromatic rings. The SMILES string of the molecule is CCCC(=O)Oc1c(C)c(C)cc2c1[C@@H]1C3Cc4c(O)c(C)c5c(c4[C@H](CNC(=O)CCc4ccccc4)N3[C@@H](C#N)[C@@H](C2)N1C)OCO5.[Ac]. The zero-order chi connectivity index (χ0) is 34.6. The Labute approximate surface area is 329 Å². The molecule has 259 valence electrons. The molecule has 1 fully saturated rings. The molecule has 3 aromatic carbocycles. The van der Waals surface area contributed by atoms with E-state index in [1.165, 1.54) is 0 Å². The summed E-state index contributed by atoms with van der Waals surface area (Å²) in [5, 5.41) is 25.8. The van der Waals surface area contributed by atoms with Crippen molar-refractivity contribution in [2.24, 2.45) is 0 Å². The van der Waals surface area contributed by atoms with E-state index in [4.69, 9.17) is 14.2 Å². The molecule has 1 radical (unpaired) electrons. The molecule has 10 nitrogen and oxygen atoms in total. The van der Waals surface area contributed by atoms with Gasteiger partial charge in [0, 0.05) is 97.8 Å². The largest absolute Gasteiger partial charge is 0.507 e. The van der Waals surface area contributed by atoms with Crippen LogP contribution in [-0.2, 0) is 28.9 Å². The second kappa shape index (κ2) is 14.8. The van der Waals surface area contributed by atoms with Crippen molar-refractivity contribution in [3.8, 4) is 29.1 Å². The molecule has 1 unspecified atom stereocenters. The van der Waals surface area contributed by atoms with Crippen molar-refractivity contribution in [2.45, 2.75) is 96.4 Å². The molecule has 1 amide bonds. The van der Waals surface area contributed by atoms with Crippen molar-refractivity contribution < 1.29 is 73.0 Å². The molecule has 0 aromatic heterocycles. The molecule has 0 aliphatic carbocycles. The van der Waals surface area contributed by atoms with Gasteiger partial charge in [0.1, 0.15) is 17.5 Å². The van der Waals surface area contributed by atoms with Crippen LogP contribution in [0.1, 0.15) is 82.8 Å². The van der Waals surface area contributed by atoms with Crippen molar-refractivity contribution in [1.29, 1.82) is 5.26 Å². The van der Waals surface area contributed by atoms with Crippen molar-refractivity contribution in [3.05, 3.63) is 80.9 Å². The molecular formula is C39H44AcN4O6. The van der Waals surface area contributed by atoms with E-state index in [0.717, 1.165) is 38.9 Å². The fourth-order valence-corrected chi connectivity index (χ4v) is 8.59. The van der Waals surface area contributed by atoms with Gasteiger partial charge in [-0.25, -0.2) is 0 Å². The number of carbonyl (C=O) groups excluding carboxylic acids is 2. The van der Waals surface area contributed by atoms with E-state index < -0.39 is 12.1 Å².